The largest absolute Gasteiger partial charge is 0.497 e. The number of nitrogen functional groups attached to an aromatic ring is 1. The summed E-state index contributed by atoms with van der Waals surface area (Å²) in [5.41, 5.74) is 7.24. The highest BCUT2D eigenvalue weighted by atomic mass is 79.9. The number of ether oxygens (including phenoxy) is 2. The lowest BCUT2D eigenvalue weighted by atomic mass is 10.1. The lowest BCUT2D eigenvalue weighted by Crippen LogP contribution is -2.13. The number of methoxy groups -OCH3 is 2. The molecule has 0 unspecified atom stereocenters. The number of halogens is 1. The van der Waals surface area contributed by atoms with Gasteiger partial charge in [-0.1, -0.05) is 15.9 Å². The van der Waals surface area contributed by atoms with Crippen LogP contribution in [-0.2, 0) is 0 Å². The van der Waals surface area contributed by atoms with Crippen LogP contribution in [0.1, 0.15) is 10.4 Å². The van der Waals surface area contributed by atoms with Crippen molar-refractivity contribution >= 4 is 33.2 Å². The standard InChI is InChI=1S/C15H15BrN2O3/c1-20-12-6-9(16)5-11(8-12)18-15(19)13-4-3-10(17)7-14(13)21-2/h3-8H,17H2,1-2H3,(H,18,19). The van der Waals surface area contributed by atoms with E-state index < -0.39 is 0 Å². The zero-order chi connectivity index (χ0) is 15.4. The number of nitrogens with one attached hydrogen (secondary N) is 1. The van der Waals surface area contributed by atoms with E-state index in [2.05, 4.69) is 21.2 Å². The Morgan fingerprint density at radius 2 is 1.90 bits per heavy atom. The monoisotopic (exact) mass is 350 g/mol. The summed E-state index contributed by atoms with van der Waals surface area (Å²) in [4.78, 5) is 12.3. The number of hydrogen-bond donors (Lipinski definition) is 2. The van der Waals surface area contributed by atoms with Crippen LogP contribution in [0.3, 0.4) is 0 Å². The number of nitrogens with two attached hydrogens (primary N) is 1. The van der Waals surface area contributed by atoms with Crippen LogP contribution in [0.15, 0.2) is 40.9 Å². The smallest absolute Gasteiger partial charge is 0.259 e. The van der Waals surface area contributed by atoms with Crippen LogP contribution in [0.5, 0.6) is 11.5 Å². The lowest BCUT2D eigenvalue weighted by molar-refractivity contribution is 0.102. The van der Waals surface area contributed by atoms with Crippen LogP contribution in [0.2, 0.25) is 0 Å². The number of benzene rings is 2. The maximum atomic E-state index is 12.3. The predicted molar refractivity (Wildman–Crippen MR) is 86.1 cm³/mol. The summed E-state index contributed by atoms with van der Waals surface area (Å²) in [5, 5.41) is 2.80. The first-order valence-corrected chi connectivity index (χ1v) is 6.92. The van der Waals surface area contributed by atoms with Gasteiger partial charge in [-0.3, -0.25) is 4.79 Å². The van der Waals surface area contributed by atoms with E-state index in [4.69, 9.17) is 15.2 Å². The van der Waals surface area contributed by atoms with E-state index in [0.29, 0.717) is 28.4 Å². The normalized spacial score (nSPS) is 10.0. The van der Waals surface area contributed by atoms with Crippen LogP contribution in [0.25, 0.3) is 0 Å². The highest BCUT2D eigenvalue weighted by Gasteiger charge is 2.13. The molecule has 0 atom stereocenters. The van der Waals surface area contributed by atoms with E-state index in [9.17, 15) is 4.79 Å². The Kier molecular flexibility index (Phi) is 4.70. The zero-order valence-electron chi connectivity index (χ0n) is 11.6. The number of carbonyl (C=O) groups excluding carboxylic acids is 1. The van der Waals surface area contributed by atoms with Gasteiger partial charge >= 0.3 is 0 Å². The van der Waals surface area contributed by atoms with Gasteiger partial charge in [-0.15, -0.1) is 0 Å². The van der Waals surface area contributed by atoms with Gasteiger partial charge in [0.15, 0.2) is 0 Å². The van der Waals surface area contributed by atoms with Crippen LogP contribution in [0, 0.1) is 0 Å². The van der Waals surface area contributed by atoms with Gasteiger partial charge in [0.25, 0.3) is 5.91 Å². The molecule has 110 valence electrons. The molecule has 5 nitrogen and oxygen atoms in total. The Bertz CT molecular complexity index is 674. The molecule has 21 heavy (non-hydrogen) atoms. The number of carbonyl (C=O) groups is 1. The zero-order valence-corrected chi connectivity index (χ0v) is 13.2. The second-order valence-electron chi connectivity index (χ2n) is 4.29. The summed E-state index contributed by atoms with van der Waals surface area (Å²) >= 11 is 3.37. The van der Waals surface area contributed by atoms with Crippen molar-refractivity contribution in [1.82, 2.24) is 0 Å². The van der Waals surface area contributed by atoms with Crippen LogP contribution >= 0.6 is 15.9 Å². The summed E-state index contributed by atoms with van der Waals surface area (Å²) in [6, 6.07) is 10.2. The molecular weight excluding hydrogens is 336 g/mol. The first kappa shape index (κ1) is 15.2. The molecule has 0 saturated carbocycles. The molecule has 1 amide bonds. The van der Waals surface area contributed by atoms with Gasteiger partial charge in [-0.05, 0) is 24.3 Å². The molecule has 0 aliphatic heterocycles. The first-order valence-electron chi connectivity index (χ1n) is 6.13. The highest BCUT2D eigenvalue weighted by Crippen LogP contribution is 2.26. The molecule has 3 N–H and O–H groups in total. The fraction of sp³-hybridized carbons (Fsp3) is 0.133. The van der Waals surface area contributed by atoms with Crippen molar-refractivity contribution in [2.75, 3.05) is 25.3 Å². The topological polar surface area (TPSA) is 73.6 Å². The Morgan fingerprint density at radius 1 is 1.14 bits per heavy atom. The second-order valence-corrected chi connectivity index (χ2v) is 5.21. The number of hydrogen-bond acceptors (Lipinski definition) is 4. The van der Waals surface area contributed by atoms with Gasteiger partial charge in [0.1, 0.15) is 11.5 Å². The summed E-state index contributed by atoms with van der Waals surface area (Å²) in [7, 11) is 3.06. The van der Waals surface area contributed by atoms with Gasteiger partial charge in [0.2, 0.25) is 0 Å². The molecule has 2 aromatic carbocycles. The Labute approximate surface area is 131 Å². The van der Waals surface area contributed by atoms with E-state index in [0.717, 1.165) is 4.47 Å². The number of amides is 1. The Hall–Kier alpha value is -2.21. The SMILES string of the molecule is COc1cc(Br)cc(NC(=O)c2ccc(N)cc2OC)c1. The minimum absolute atomic E-state index is 0.285. The fourth-order valence-corrected chi connectivity index (χ4v) is 2.32. The van der Waals surface area contributed by atoms with Gasteiger partial charge in [0, 0.05) is 28.0 Å². The molecule has 0 fully saturated rings. The maximum Gasteiger partial charge on any atom is 0.259 e. The average molecular weight is 351 g/mol. The molecule has 6 heteroatoms. The molecule has 0 aliphatic carbocycles. The Balaban J connectivity index is 2.28. The van der Waals surface area contributed by atoms with Gasteiger partial charge in [-0.2, -0.15) is 0 Å². The molecule has 2 aromatic rings. The third-order valence-corrected chi connectivity index (χ3v) is 3.29. The van der Waals surface area contributed by atoms with Crippen LogP contribution in [0.4, 0.5) is 11.4 Å². The molecule has 0 spiro atoms. The summed E-state index contributed by atoms with van der Waals surface area (Å²) in [6.45, 7) is 0. The van der Waals surface area contributed by atoms with E-state index >= 15 is 0 Å². The number of rotatable bonds is 4. The van der Waals surface area contributed by atoms with Crippen molar-refractivity contribution in [2.45, 2.75) is 0 Å². The van der Waals surface area contributed by atoms with Crippen molar-refractivity contribution in [3.05, 3.63) is 46.4 Å². The quantitative estimate of drug-likeness (QED) is 0.829. The molecule has 0 radical (unpaired) electrons. The molecular formula is C15H15BrN2O3. The summed E-state index contributed by atoms with van der Waals surface area (Å²) in [6.07, 6.45) is 0. The number of anilines is 2. The third kappa shape index (κ3) is 3.66. The van der Waals surface area contributed by atoms with Crippen LogP contribution in [-0.4, -0.2) is 20.1 Å². The van der Waals surface area contributed by atoms with Crippen molar-refractivity contribution in [3.63, 3.8) is 0 Å². The summed E-state index contributed by atoms with van der Waals surface area (Å²) < 4.78 is 11.1. The maximum absolute atomic E-state index is 12.3. The van der Waals surface area contributed by atoms with Crippen molar-refractivity contribution in [2.24, 2.45) is 0 Å². The van der Waals surface area contributed by atoms with E-state index in [1.54, 1.807) is 43.5 Å². The van der Waals surface area contributed by atoms with Gasteiger partial charge in [-0.25, -0.2) is 0 Å². The molecule has 0 aromatic heterocycles. The van der Waals surface area contributed by atoms with E-state index in [1.807, 2.05) is 0 Å². The minimum atomic E-state index is -0.285. The summed E-state index contributed by atoms with van der Waals surface area (Å²) in [5.74, 6) is 0.783. The predicted octanol–water partition coefficient (Wildman–Crippen LogP) is 3.30. The van der Waals surface area contributed by atoms with Crippen molar-refractivity contribution in [3.8, 4) is 11.5 Å². The average Bonchev–Trinajstić information content (AvgIpc) is 2.46. The van der Waals surface area contributed by atoms with Gasteiger partial charge in [0.05, 0.1) is 19.8 Å². The van der Waals surface area contributed by atoms with Crippen molar-refractivity contribution < 1.29 is 14.3 Å². The van der Waals surface area contributed by atoms with Gasteiger partial charge < -0.3 is 20.5 Å². The molecule has 0 saturated heterocycles. The lowest BCUT2D eigenvalue weighted by Gasteiger charge is -2.11. The fourth-order valence-electron chi connectivity index (χ4n) is 1.85. The first-order chi connectivity index (χ1) is 10.0. The third-order valence-electron chi connectivity index (χ3n) is 2.84. The van der Waals surface area contributed by atoms with E-state index in [-0.39, 0.29) is 5.91 Å². The van der Waals surface area contributed by atoms with E-state index in [1.165, 1.54) is 7.11 Å². The molecule has 0 heterocycles. The van der Waals surface area contributed by atoms with Crippen LogP contribution < -0.4 is 20.5 Å². The van der Waals surface area contributed by atoms with Crippen molar-refractivity contribution in [1.29, 1.82) is 0 Å². The molecule has 0 aliphatic rings. The minimum Gasteiger partial charge on any atom is -0.497 e. The Morgan fingerprint density at radius 3 is 2.57 bits per heavy atom. The molecule has 0 bridgehead atoms. The second kappa shape index (κ2) is 6.49. The molecule has 2 rings (SSSR count). The highest BCUT2D eigenvalue weighted by molar-refractivity contribution is 9.10.